The quantitative estimate of drug-likeness (QED) is 0.462. The van der Waals surface area contributed by atoms with Crippen LogP contribution in [0.25, 0.3) is 0 Å². The van der Waals surface area contributed by atoms with Crippen molar-refractivity contribution in [2.45, 2.75) is 51.7 Å². The fourth-order valence-electron chi connectivity index (χ4n) is 3.50. The van der Waals surface area contributed by atoms with E-state index in [4.69, 9.17) is 14.5 Å². The van der Waals surface area contributed by atoms with E-state index in [1.165, 1.54) is 5.56 Å². The highest BCUT2D eigenvalue weighted by molar-refractivity contribution is 5.80. The lowest BCUT2D eigenvalue weighted by Crippen LogP contribution is -2.53. The van der Waals surface area contributed by atoms with Crippen LogP contribution >= 0.6 is 0 Å². The summed E-state index contributed by atoms with van der Waals surface area (Å²) in [5.74, 6) is 0.998. The lowest BCUT2D eigenvalue weighted by molar-refractivity contribution is -0.0817. The molecular weight excluding hydrogens is 318 g/mol. The highest BCUT2D eigenvalue weighted by Crippen LogP contribution is 2.21. The summed E-state index contributed by atoms with van der Waals surface area (Å²) < 4.78 is 11.8. The third-order valence-electron chi connectivity index (χ3n) is 4.91. The molecule has 1 aromatic rings. The van der Waals surface area contributed by atoms with Crippen LogP contribution in [0.1, 0.15) is 37.4 Å². The number of aromatic amines is 1. The van der Waals surface area contributed by atoms with Crippen LogP contribution in [0, 0.1) is 6.92 Å². The van der Waals surface area contributed by atoms with Crippen molar-refractivity contribution in [1.82, 2.24) is 20.4 Å². The number of aromatic nitrogens is 2. The molecule has 0 spiro atoms. The van der Waals surface area contributed by atoms with Gasteiger partial charge in [0.1, 0.15) is 6.10 Å². The van der Waals surface area contributed by atoms with Crippen molar-refractivity contribution in [2.24, 2.45) is 4.99 Å². The summed E-state index contributed by atoms with van der Waals surface area (Å²) in [6.07, 6.45) is 6.60. The molecule has 7 heteroatoms. The Labute approximate surface area is 150 Å². The van der Waals surface area contributed by atoms with Crippen molar-refractivity contribution in [2.75, 3.05) is 39.4 Å². The molecule has 0 aliphatic carbocycles. The smallest absolute Gasteiger partial charge is 0.194 e. The molecule has 1 aromatic heterocycles. The number of hydrogen-bond acceptors (Lipinski definition) is 4. The van der Waals surface area contributed by atoms with E-state index in [2.05, 4.69) is 34.3 Å². The molecule has 0 aromatic carbocycles. The number of nitrogens with one attached hydrogen (secondary N) is 2. The summed E-state index contributed by atoms with van der Waals surface area (Å²) >= 11 is 0. The Morgan fingerprint density at radius 1 is 1.40 bits per heavy atom. The minimum absolute atomic E-state index is 0.161. The molecule has 2 unspecified atom stereocenters. The predicted octanol–water partition coefficient (Wildman–Crippen LogP) is 1.50. The van der Waals surface area contributed by atoms with Crippen molar-refractivity contribution in [1.29, 1.82) is 0 Å². The number of morpholine rings is 1. The zero-order valence-corrected chi connectivity index (χ0v) is 15.5. The molecule has 2 saturated heterocycles. The highest BCUT2D eigenvalue weighted by atomic mass is 16.5. The number of rotatable bonds is 6. The van der Waals surface area contributed by atoms with Gasteiger partial charge < -0.3 is 19.7 Å². The van der Waals surface area contributed by atoms with E-state index in [-0.39, 0.29) is 12.2 Å². The third-order valence-corrected chi connectivity index (χ3v) is 4.91. The maximum Gasteiger partial charge on any atom is 0.194 e. The highest BCUT2D eigenvalue weighted by Gasteiger charge is 2.32. The maximum atomic E-state index is 5.95. The van der Waals surface area contributed by atoms with Crippen LogP contribution in [0.2, 0.25) is 0 Å². The van der Waals surface area contributed by atoms with Gasteiger partial charge in [-0.1, -0.05) is 0 Å². The second-order valence-corrected chi connectivity index (χ2v) is 6.77. The number of guanidine groups is 1. The number of ether oxygens (including phenoxy) is 2. The molecule has 3 heterocycles. The first-order valence-electron chi connectivity index (χ1n) is 9.53. The van der Waals surface area contributed by atoms with E-state index in [9.17, 15) is 0 Å². The minimum atomic E-state index is 0.161. The zero-order valence-electron chi connectivity index (χ0n) is 15.5. The van der Waals surface area contributed by atoms with E-state index >= 15 is 0 Å². The number of hydrogen-bond donors (Lipinski definition) is 2. The molecule has 2 atom stereocenters. The molecule has 140 valence electrons. The second-order valence-electron chi connectivity index (χ2n) is 6.77. The Morgan fingerprint density at radius 3 is 3.00 bits per heavy atom. The van der Waals surface area contributed by atoms with E-state index < -0.39 is 0 Å². The molecule has 0 saturated carbocycles. The number of nitrogens with zero attached hydrogens (tertiary/aromatic N) is 3. The van der Waals surface area contributed by atoms with Gasteiger partial charge in [-0.15, -0.1) is 0 Å². The van der Waals surface area contributed by atoms with Gasteiger partial charge in [0.05, 0.1) is 18.9 Å². The van der Waals surface area contributed by atoms with Gasteiger partial charge in [-0.2, -0.15) is 5.10 Å². The normalized spacial score (nSPS) is 24.7. The molecule has 2 aliphatic heterocycles. The topological polar surface area (TPSA) is 74.8 Å². The van der Waals surface area contributed by atoms with Crippen LogP contribution in [-0.4, -0.2) is 72.7 Å². The monoisotopic (exact) mass is 349 g/mol. The first kappa shape index (κ1) is 18.2. The fourth-order valence-corrected chi connectivity index (χ4v) is 3.50. The first-order valence-corrected chi connectivity index (χ1v) is 9.53. The van der Waals surface area contributed by atoms with E-state index in [0.29, 0.717) is 0 Å². The molecule has 7 nitrogen and oxygen atoms in total. The average molecular weight is 349 g/mol. The van der Waals surface area contributed by atoms with Crippen molar-refractivity contribution < 1.29 is 9.47 Å². The van der Waals surface area contributed by atoms with Gasteiger partial charge in [0.25, 0.3) is 0 Å². The molecule has 2 fully saturated rings. The van der Waals surface area contributed by atoms with Gasteiger partial charge in [0.2, 0.25) is 0 Å². The van der Waals surface area contributed by atoms with Gasteiger partial charge in [-0.05, 0) is 45.1 Å². The SMILES string of the molecule is CCNC(=NCCCc1cn[nH]c1C)N1CCOC(C2CCCO2)C1. The molecular formula is C18H31N5O2. The lowest BCUT2D eigenvalue weighted by atomic mass is 10.1. The number of aliphatic imine (C=N–C) groups is 1. The van der Waals surface area contributed by atoms with Crippen LogP contribution in [-0.2, 0) is 15.9 Å². The number of H-pyrrole nitrogens is 1. The standard InChI is InChI=1S/C18H31N5O2/c1-3-19-18(20-8-4-6-15-12-21-22-14(15)2)23-9-11-25-17(13-23)16-7-5-10-24-16/h12,16-17H,3-11,13H2,1-2H3,(H,19,20)(H,21,22). The van der Waals surface area contributed by atoms with Crippen molar-refractivity contribution >= 4 is 5.96 Å². The fraction of sp³-hybridized carbons (Fsp3) is 0.778. The van der Waals surface area contributed by atoms with Gasteiger partial charge in [-0.3, -0.25) is 10.1 Å². The Hall–Kier alpha value is -1.60. The molecule has 0 bridgehead atoms. The summed E-state index contributed by atoms with van der Waals surface area (Å²) in [6.45, 7) is 9.22. The molecule has 2 aliphatic rings. The second kappa shape index (κ2) is 9.20. The summed E-state index contributed by atoms with van der Waals surface area (Å²) in [5.41, 5.74) is 2.44. The zero-order chi connectivity index (χ0) is 17.5. The summed E-state index contributed by atoms with van der Waals surface area (Å²) in [7, 11) is 0. The van der Waals surface area contributed by atoms with Crippen LogP contribution < -0.4 is 5.32 Å². The van der Waals surface area contributed by atoms with Crippen molar-refractivity contribution in [3.63, 3.8) is 0 Å². The van der Waals surface area contributed by atoms with Crippen molar-refractivity contribution in [3.05, 3.63) is 17.5 Å². The van der Waals surface area contributed by atoms with Crippen LogP contribution in [0.5, 0.6) is 0 Å². The first-order chi connectivity index (χ1) is 12.3. The Kier molecular flexibility index (Phi) is 6.69. The van der Waals surface area contributed by atoms with Crippen molar-refractivity contribution in [3.8, 4) is 0 Å². The van der Waals surface area contributed by atoms with Gasteiger partial charge >= 0.3 is 0 Å². The molecule has 25 heavy (non-hydrogen) atoms. The summed E-state index contributed by atoms with van der Waals surface area (Å²) in [5, 5.41) is 10.5. The predicted molar refractivity (Wildman–Crippen MR) is 97.9 cm³/mol. The van der Waals surface area contributed by atoms with Gasteiger partial charge in [0, 0.05) is 38.5 Å². The van der Waals surface area contributed by atoms with E-state index in [1.54, 1.807) is 0 Å². The third kappa shape index (κ3) is 4.95. The van der Waals surface area contributed by atoms with Gasteiger partial charge in [-0.25, -0.2) is 0 Å². The largest absolute Gasteiger partial charge is 0.375 e. The average Bonchev–Trinajstić information content (AvgIpc) is 3.30. The molecule has 0 radical (unpaired) electrons. The lowest BCUT2D eigenvalue weighted by Gasteiger charge is -2.37. The van der Waals surface area contributed by atoms with Crippen LogP contribution in [0.15, 0.2) is 11.2 Å². The maximum absolute atomic E-state index is 5.95. The minimum Gasteiger partial charge on any atom is -0.375 e. The van der Waals surface area contributed by atoms with Crippen LogP contribution in [0.4, 0.5) is 0 Å². The molecule has 2 N–H and O–H groups in total. The van der Waals surface area contributed by atoms with Crippen LogP contribution in [0.3, 0.4) is 0 Å². The Bertz CT molecular complexity index is 553. The number of aryl methyl sites for hydroxylation is 2. The molecule has 0 amide bonds. The Balaban J connectivity index is 1.52. The van der Waals surface area contributed by atoms with Gasteiger partial charge in [0.15, 0.2) is 5.96 Å². The Morgan fingerprint density at radius 2 is 2.28 bits per heavy atom. The van der Waals surface area contributed by atoms with E-state index in [0.717, 1.165) is 76.7 Å². The summed E-state index contributed by atoms with van der Waals surface area (Å²) in [6, 6.07) is 0. The summed E-state index contributed by atoms with van der Waals surface area (Å²) in [4.78, 5) is 7.15. The van der Waals surface area contributed by atoms with E-state index in [1.807, 2.05) is 6.20 Å². The molecule has 3 rings (SSSR count).